The summed E-state index contributed by atoms with van der Waals surface area (Å²) in [5, 5.41) is 12.2. The second-order valence-corrected chi connectivity index (χ2v) is 8.50. The topological polar surface area (TPSA) is 79.3 Å². The summed E-state index contributed by atoms with van der Waals surface area (Å²) in [6, 6.07) is 14.5. The van der Waals surface area contributed by atoms with E-state index in [9.17, 15) is 14.0 Å². The van der Waals surface area contributed by atoms with E-state index in [2.05, 4.69) is 10.3 Å². The number of nitrogens with one attached hydrogen (secondary N) is 1. The molecule has 0 bridgehead atoms. The number of pyridine rings is 1. The molecular formula is C24H20ClFN2O3S. The highest BCUT2D eigenvalue weighted by Crippen LogP contribution is 2.36. The van der Waals surface area contributed by atoms with E-state index in [0.717, 1.165) is 16.8 Å². The van der Waals surface area contributed by atoms with Gasteiger partial charge in [0.25, 0.3) is 5.91 Å². The molecule has 0 unspecified atom stereocenters. The molecule has 2 N–H and O–H groups in total. The molecule has 0 fully saturated rings. The number of aromatic carboxylic acids is 1. The summed E-state index contributed by atoms with van der Waals surface area (Å²) in [6.07, 6.45) is 0. The second-order valence-electron chi connectivity index (χ2n) is 7.07. The largest absolute Gasteiger partial charge is 0.478 e. The highest BCUT2D eigenvalue weighted by molar-refractivity contribution is 7.21. The molecule has 5 nitrogen and oxygen atoms in total. The molecule has 2 heterocycles. The van der Waals surface area contributed by atoms with Gasteiger partial charge in [0.2, 0.25) is 0 Å². The summed E-state index contributed by atoms with van der Waals surface area (Å²) in [5.41, 5.74) is 3.12. The van der Waals surface area contributed by atoms with Crippen LogP contribution in [0.25, 0.3) is 10.1 Å². The lowest BCUT2D eigenvalue weighted by Crippen LogP contribution is -2.14. The van der Waals surface area contributed by atoms with Crippen LogP contribution in [0.3, 0.4) is 0 Å². The summed E-state index contributed by atoms with van der Waals surface area (Å²) in [5.74, 6) is -1.05. The number of nitrogens with zero attached hydrogens (tertiary/aromatic N) is 1. The van der Waals surface area contributed by atoms with Crippen molar-refractivity contribution in [3.8, 4) is 0 Å². The summed E-state index contributed by atoms with van der Waals surface area (Å²) in [7, 11) is 0. The number of thiophene rings is 1. The van der Waals surface area contributed by atoms with Crippen molar-refractivity contribution in [3.05, 3.63) is 92.7 Å². The molecule has 8 heteroatoms. The van der Waals surface area contributed by atoms with Gasteiger partial charge in [0, 0.05) is 15.8 Å². The standard InChI is InChI=1S/C17H14ClFN2OS.C7H6O2/c1-8-6-9(2)20-16(10(8)3)21-17(22)15-14(18)12-5-4-11(19)7-13(12)23-15;8-7(9)6-4-2-1-3-5-6/h4-7H,1-3H3,(H,20,21,22);1-5H,(H,8,9). The molecule has 0 aliphatic rings. The fraction of sp³-hybridized carbons (Fsp3) is 0.125. The van der Waals surface area contributed by atoms with Crippen LogP contribution < -0.4 is 5.32 Å². The third-order valence-corrected chi connectivity index (χ3v) is 6.37. The van der Waals surface area contributed by atoms with Crippen molar-refractivity contribution in [2.75, 3.05) is 5.32 Å². The van der Waals surface area contributed by atoms with E-state index >= 15 is 0 Å². The highest BCUT2D eigenvalue weighted by atomic mass is 35.5. The van der Waals surface area contributed by atoms with Crippen LogP contribution in [0.4, 0.5) is 10.2 Å². The third-order valence-electron chi connectivity index (χ3n) is 4.71. The quantitative estimate of drug-likeness (QED) is 0.351. The Labute approximate surface area is 193 Å². The molecule has 164 valence electrons. The normalized spacial score (nSPS) is 10.4. The number of fused-ring (bicyclic) bond motifs is 1. The van der Waals surface area contributed by atoms with Crippen LogP contribution in [0.1, 0.15) is 36.9 Å². The van der Waals surface area contributed by atoms with E-state index in [4.69, 9.17) is 16.7 Å². The Morgan fingerprint density at radius 2 is 1.75 bits per heavy atom. The molecule has 2 aromatic heterocycles. The molecule has 0 saturated heterocycles. The molecular weight excluding hydrogens is 451 g/mol. The van der Waals surface area contributed by atoms with Crippen LogP contribution in [-0.2, 0) is 0 Å². The van der Waals surface area contributed by atoms with Gasteiger partial charge in [-0.15, -0.1) is 11.3 Å². The average Bonchev–Trinajstić information content (AvgIpc) is 3.08. The molecule has 32 heavy (non-hydrogen) atoms. The van der Waals surface area contributed by atoms with Gasteiger partial charge < -0.3 is 10.4 Å². The number of aromatic nitrogens is 1. The molecule has 4 aromatic rings. The summed E-state index contributed by atoms with van der Waals surface area (Å²) >= 11 is 7.45. The van der Waals surface area contributed by atoms with Gasteiger partial charge in [-0.3, -0.25) is 4.79 Å². The number of carbonyl (C=O) groups excluding carboxylic acids is 1. The molecule has 0 aliphatic carbocycles. The minimum atomic E-state index is -0.879. The first kappa shape index (κ1) is 23.4. The third kappa shape index (κ3) is 5.30. The van der Waals surface area contributed by atoms with Crippen molar-refractivity contribution < 1.29 is 19.1 Å². The van der Waals surface area contributed by atoms with Crippen LogP contribution in [0, 0.1) is 26.6 Å². The fourth-order valence-corrected chi connectivity index (χ4v) is 4.39. The predicted molar refractivity (Wildman–Crippen MR) is 127 cm³/mol. The van der Waals surface area contributed by atoms with Crippen molar-refractivity contribution in [2.45, 2.75) is 20.8 Å². The lowest BCUT2D eigenvalue weighted by Gasteiger charge is -2.10. The first-order valence-corrected chi connectivity index (χ1v) is 10.8. The van der Waals surface area contributed by atoms with Crippen molar-refractivity contribution in [2.24, 2.45) is 0 Å². The molecule has 4 rings (SSSR count). The van der Waals surface area contributed by atoms with Crippen LogP contribution in [0.5, 0.6) is 0 Å². The maximum Gasteiger partial charge on any atom is 0.335 e. The van der Waals surface area contributed by atoms with Crippen LogP contribution in [0.15, 0.2) is 54.6 Å². The molecule has 0 spiro atoms. The molecule has 0 saturated carbocycles. The Morgan fingerprint density at radius 3 is 2.38 bits per heavy atom. The van der Waals surface area contributed by atoms with Crippen molar-refractivity contribution >= 4 is 50.7 Å². The maximum atomic E-state index is 13.3. The molecule has 0 atom stereocenters. The number of benzene rings is 2. The second kappa shape index (κ2) is 9.89. The van der Waals surface area contributed by atoms with Crippen molar-refractivity contribution in [1.29, 1.82) is 0 Å². The van der Waals surface area contributed by atoms with Crippen LogP contribution in [0.2, 0.25) is 5.02 Å². The first-order valence-electron chi connectivity index (χ1n) is 9.59. The van der Waals surface area contributed by atoms with E-state index < -0.39 is 5.97 Å². The van der Waals surface area contributed by atoms with Gasteiger partial charge in [0.15, 0.2) is 0 Å². The number of rotatable bonds is 3. The number of carbonyl (C=O) groups is 2. The minimum Gasteiger partial charge on any atom is -0.478 e. The lowest BCUT2D eigenvalue weighted by atomic mass is 10.1. The number of aryl methyl sites for hydroxylation is 2. The van der Waals surface area contributed by atoms with Crippen molar-refractivity contribution in [3.63, 3.8) is 0 Å². The van der Waals surface area contributed by atoms with Gasteiger partial charge >= 0.3 is 5.97 Å². The Kier molecular flexibility index (Phi) is 7.22. The van der Waals surface area contributed by atoms with Gasteiger partial charge in [0.05, 0.1) is 10.6 Å². The number of carboxylic acid groups (broad SMARTS) is 1. The van der Waals surface area contributed by atoms with E-state index in [1.165, 1.54) is 23.5 Å². The fourth-order valence-electron chi connectivity index (χ4n) is 2.95. The zero-order chi connectivity index (χ0) is 23.4. The number of hydrogen-bond donors (Lipinski definition) is 2. The summed E-state index contributed by atoms with van der Waals surface area (Å²) < 4.78 is 14.0. The highest BCUT2D eigenvalue weighted by Gasteiger charge is 2.19. The molecule has 0 aliphatic heterocycles. The maximum absolute atomic E-state index is 13.3. The Morgan fingerprint density at radius 1 is 1.06 bits per heavy atom. The van der Waals surface area contributed by atoms with Crippen molar-refractivity contribution in [1.82, 2.24) is 4.98 Å². The van der Waals surface area contributed by atoms with Gasteiger partial charge in [-0.1, -0.05) is 29.8 Å². The van der Waals surface area contributed by atoms with E-state index in [0.29, 0.717) is 31.4 Å². The predicted octanol–water partition coefficient (Wildman–Crippen LogP) is 6.65. The summed E-state index contributed by atoms with van der Waals surface area (Å²) in [4.78, 5) is 27.5. The Balaban J connectivity index is 0.000000269. The van der Waals surface area contributed by atoms with Gasteiger partial charge in [-0.2, -0.15) is 0 Å². The van der Waals surface area contributed by atoms with Gasteiger partial charge in [-0.25, -0.2) is 14.2 Å². The monoisotopic (exact) mass is 470 g/mol. The van der Waals surface area contributed by atoms with Gasteiger partial charge in [-0.05, 0) is 68.3 Å². The zero-order valence-electron chi connectivity index (χ0n) is 17.6. The van der Waals surface area contributed by atoms with Crippen LogP contribution >= 0.6 is 22.9 Å². The molecule has 2 aromatic carbocycles. The minimum absolute atomic E-state index is 0.331. The summed E-state index contributed by atoms with van der Waals surface area (Å²) in [6.45, 7) is 5.74. The average molecular weight is 471 g/mol. The number of anilines is 1. The Bertz CT molecular complexity index is 1310. The first-order chi connectivity index (χ1) is 15.2. The smallest absolute Gasteiger partial charge is 0.335 e. The number of carboxylic acids is 1. The molecule has 1 amide bonds. The zero-order valence-corrected chi connectivity index (χ0v) is 19.1. The van der Waals surface area contributed by atoms with E-state index in [1.807, 2.05) is 26.8 Å². The SMILES string of the molecule is Cc1cc(C)c(C)c(NC(=O)c2sc3cc(F)ccc3c2Cl)n1.O=C(O)c1ccccc1. The number of amides is 1. The Hall–Kier alpha value is -3.29. The molecule has 0 radical (unpaired) electrons. The van der Waals surface area contributed by atoms with E-state index in [1.54, 1.807) is 36.4 Å². The number of hydrogen-bond acceptors (Lipinski definition) is 4. The van der Waals surface area contributed by atoms with E-state index in [-0.39, 0.29) is 11.7 Å². The number of halogens is 2. The lowest BCUT2D eigenvalue weighted by molar-refractivity contribution is 0.0696. The van der Waals surface area contributed by atoms with Crippen LogP contribution in [-0.4, -0.2) is 22.0 Å². The van der Waals surface area contributed by atoms with Gasteiger partial charge in [0.1, 0.15) is 16.5 Å².